The van der Waals surface area contributed by atoms with E-state index in [1.54, 1.807) is 0 Å². The zero-order valence-corrected chi connectivity index (χ0v) is 12.1. The molecule has 0 aliphatic heterocycles. The minimum Gasteiger partial charge on any atom is -0.319 e. The number of likely N-dealkylation sites (N-methyl/N-ethyl adjacent to an activating group) is 1. The summed E-state index contributed by atoms with van der Waals surface area (Å²) in [6.45, 7) is 5.46. The summed E-state index contributed by atoms with van der Waals surface area (Å²) in [6, 6.07) is 9.01. The van der Waals surface area contributed by atoms with E-state index in [1.165, 1.54) is 35.5 Å². The highest BCUT2D eigenvalue weighted by molar-refractivity contribution is 7.99. The highest BCUT2D eigenvalue weighted by atomic mass is 32.2. The summed E-state index contributed by atoms with van der Waals surface area (Å²) < 4.78 is 0. The molecular formula is C15H25NS. The third kappa shape index (κ3) is 5.60. The minimum atomic E-state index is 0.665. The molecule has 0 saturated heterocycles. The van der Waals surface area contributed by atoms with Crippen LogP contribution in [-0.4, -0.2) is 25.1 Å². The largest absolute Gasteiger partial charge is 0.319 e. The molecule has 1 aromatic rings. The fourth-order valence-corrected chi connectivity index (χ4v) is 2.71. The molecular weight excluding hydrogens is 226 g/mol. The van der Waals surface area contributed by atoms with Crippen molar-refractivity contribution in [1.82, 2.24) is 5.32 Å². The average molecular weight is 251 g/mol. The summed E-state index contributed by atoms with van der Waals surface area (Å²) in [4.78, 5) is 0. The molecule has 1 nitrogen and oxygen atoms in total. The maximum Gasteiger partial charge on any atom is 0.00171 e. The number of aryl methyl sites for hydroxylation is 1. The SMILES string of the molecule is CCSCCCC(CNC)c1ccc(C)cc1. The van der Waals surface area contributed by atoms with Crippen molar-refractivity contribution < 1.29 is 0 Å². The van der Waals surface area contributed by atoms with Gasteiger partial charge in [0.1, 0.15) is 0 Å². The Balaban J connectivity index is 2.49. The normalized spacial score (nSPS) is 12.6. The molecule has 1 N–H and O–H groups in total. The van der Waals surface area contributed by atoms with E-state index in [-0.39, 0.29) is 0 Å². The van der Waals surface area contributed by atoms with Crippen LogP contribution in [0.15, 0.2) is 24.3 Å². The lowest BCUT2D eigenvalue weighted by Crippen LogP contribution is -2.17. The predicted octanol–water partition coefficient (Wildman–Crippen LogP) is 3.83. The summed E-state index contributed by atoms with van der Waals surface area (Å²) in [5, 5.41) is 3.31. The molecule has 0 spiro atoms. The maximum absolute atomic E-state index is 3.31. The van der Waals surface area contributed by atoms with E-state index in [0.29, 0.717) is 5.92 Å². The zero-order chi connectivity index (χ0) is 12.5. The van der Waals surface area contributed by atoms with Crippen LogP contribution in [0.1, 0.15) is 36.8 Å². The molecule has 0 fully saturated rings. The van der Waals surface area contributed by atoms with Crippen molar-refractivity contribution in [2.45, 2.75) is 32.6 Å². The third-order valence-corrected chi connectivity index (χ3v) is 4.03. The van der Waals surface area contributed by atoms with Crippen LogP contribution in [0, 0.1) is 6.92 Å². The second kappa shape index (κ2) is 8.60. The lowest BCUT2D eigenvalue weighted by molar-refractivity contribution is 0.578. The van der Waals surface area contributed by atoms with Gasteiger partial charge in [-0.05, 0) is 49.8 Å². The average Bonchev–Trinajstić information content (AvgIpc) is 2.34. The van der Waals surface area contributed by atoms with Gasteiger partial charge in [0.2, 0.25) is 0 Å². The van der Waals surface area contributed by atoms with Crippen molar-refractivity contribution >= 4 is 11.8 Å². The Morgan fingerprint density at radius 1 is 1.24 bits per heavy atom. The molecule has 1 atom stereocenters. The molecule has 0 radical (unpaired) electrons. The van der Waals surface area contributed by atoms with Crippen LogP contribution in [0.4, 0.5) is 0 Å². The van der Waals surface area contributed by atoms with Gasteiger partial charge in [0.25, 0.3) is 0 Å². The summed E-state index contributed by atoms with van der Waals surface area (Å²) in [5.74, 6) is 3.20. The molecule has 1 unspecified atom stereocenters. The summed E-state index contributed by atoms with van der Waals surface area (Å²) in [5.41, 5.74) is 2.82. The van der Waals surface area contributed by atoms with Crippen LogP contribution in [0.3, 0.4) is 0 Å². The second-order valence-electron chi connectivity index (χ2n) is 4.50. The standard InChI is InChI=1S/C15H25NS/c1-4-17-11-5-6-15(12-16-3)14-9-7-13(2)8-10-14/h7-10,15-16H,4-6,11-12H2,1-3H3. The number of rotatable bonds is 8. The van der Waals surface area contributed by atoms with Gasteiger partial charge in [-0.15, -0.1) is 0 Å². The van der Waals surface area contributed by atoms with E-state index in [0.717, 1.165) is 6.54 Å². The highest BCUT2D eigenvalue weighted by Crippen LogP contribution is 2.22. The van der Waals surface area contributed by atoms with Crippen LogP contribution in [0.5, 0.6) is 0 Å². The van der Waals surface area contributed by atoms with Gasteiger partial charge in [0.15, 0.2) is 0 Å². The van der Waals surface area contributed by atoms with Crippen LogP contribution >= 0.6 is 11.8 Å². The Morgan fingerprint density at radius 2 is 1.94 bits per heavy atom. The molecule has 2 heteroatoms. The van der Waals surface area contributed by atoms with Crippen molar-refractivity contribution in [1.29, 1.82) is 0 Å². The van der Waals surface area contributed by atoms with Crippen LogP contribution in [-0.2, 0) is 0 Å². The lowest BCUT2D eigenvalue weighted by atomic mass is 9.94. The maximum atomic E-state index is 3.31. The first kappa shape index (κ1) is 14.6. The molecule has 0 aliphatic carbocycles. The van der Waals surface area contributed by atoms with Gasteiger partial charge >= 0.3 is 0 Å². The highest BCUT2D eigenvalue weighted by Gasteiger charge is 2.09. The number of benzene rings is 1. The minimum absolute atomic E-state index is 0.665. The van der Waals surface area contributed by atoms with E-state index in [9.17, 15) is 0 Å². The molecule has 0 amide bonds. The third-order valence-electron chi connectivity index (χ3n) is 3.04. The van der Waals surface area contributed by atoms with Crippen molar-refractivity contribution in [3.8, 4) is 0 Å². The van der Waals surface area contributed by atoms with Gasteiger partial charge in [0.05, 0.1) is 0 Å². The second-order valence-corrected chi connectivity index (χ2v) is 5.90. The topological polar surface area (TPSA) is 12.0 Å². The van der Waals surface area contributed by atoms with Crippen LogP contribution in [0.25, 0.3) is 0 Å². The quantitative estimate of drug-likeness (QED) is 0.705. The molecule has 1 aromatic carbocycles. The summed E-state index contributed by atoms with van der Waals surface area (Å²) in [7, 11) is 2.04. The number of thioether (sulfide) groups is 1. The van der Waals surface area contributed by atoms with Crippen LogP contribution in [0.2, 0.25) is 0 Å². The van der Waals surface area contributed by atoms with Gasteiger partial charge in [-0.25, -0.2) is 0 Å². The van der Waals surface area contributed by atoms with E-state index < -0.39 is 0 Å². The lowest BCUT2D eigenvalue weighted by Gasteiger charge is -2.17. The Morgan fingerprint density at radius 3 is 2.53 bits per heavy atom. The monoisotopic (exact) mass is 251 g/mol. The Kier molecular flexibility index (Phi) is 7.38. The number of nitrogens with one attached hydrogen (secondary N) is 1. The first-order chi connectivity index (χ1) is 8.27. The fraction of sp³-hybridized carbons (Fsp3) is 0.600. The fourth-order valence-electron chi connectivity index (χ4n) is 2.05. The summed E-state index contributed by atoms with van der Waals surface area (Å²) >= 11 is 2.05. The van der Waals surface area contributed by atoms with Crippen molar-refractivity contribution in [3.63, 3.8) is 0 Å². The number of hydrogen-bond donors (Lipinski definition) is 1. The van der Waals surface area contributed by atoms with Gasteiger partial charge in [-0.3, -0.25) is 0 Å². The van der Waals surface area contributed by atoms with Crippen molar-refractivity contribution in [3.05, 3.63) is 35.4 Å². The Hall–Kier alpha value is -0.470. The Labute approximate surface area is 110 Å². The van der Waals surface area contributed by atoms with Crippen molar-refractivity contribution in [2.24, 2.45) is 0 Å². The number of hydrogen-bond acceptors (Lipinski definition) is 2. The zero-order valence-electron chi connectivity index (χ0n) is 11.3. The first-order valence-corrected chi connectivity index (χ1v) is 7.72. The predicted molar refractivity (Wildman–Crippen MR) is 80.1 cm³/mol. The van der Waals surface area contributed by atoms with E-state index >= 15 is 0 Å². The first-order valence-electron chi connectivity index (χ1n) is 6.56. The molecule has 0 aromatic heterocycles. The molecule has 96 valence electrons. The van der Waals surface area contributed by atoms with Gasteiger partial charge < -0.3 is 5.32 Å². The molecule has 0 heterocycles. The smallest absolute Gasteiger partial charge is 0.00171 e. The molecule has 0 saturated carbocycles. The van der Waals surface area contributed by atoms with Gasteiger partial charge in [-0.1, -0.05) is 36.8 Å². The van der Waals surface area contributed by atoms with E-state index in [4.69, 9.17) is 0 Å². The molecule has 0 aliphatic rings. The molecule has 1 rings (SSSR count). The summed E-state index contributed by atoms with van der Waals surface area (Å²) in [6.07, 6.45) is 2.61. The molecule has 17 heavy (non-hydrogen) atoms. The van der Waals surface area contributed by atoms with Gasteiger partial charge in [0, 0.05) is 6.54 Å². The molecule has 0 bridgehead atoms. The van der Waals surface area contributed by atoms with Gasteiger partial charge in [-0.2, -0.15) is 11.8 Å². The Bertz CT molecular complexity index is 294. The van der Waals surface area contributed by atoms with E-state index in [2.05, 4.69) is 43.4 Å². The van der Waals surface area contributed by atoms with E-state index in [1.807, 2.05) is 18.8 Å². The van der Waals surface area contributed by atoms with Crippen LogP contribution < -0.4 is 5.32 Å². The van der Waals surface area contributed by atoms with Crippen molar-refractivity contribution in [2.75, 3.05) is 25.1 Å².